The molecule has 0 unspecified atom stereocenters. The second kappa shape index (κ2) is 5.71. The molecule has 0 aliphatic carbocycles. The zero-order valence-corrected chi connectivity index (χ0v) is 10.9. The number of allylic oxidation sites excluding steroid dienone is 1. The molecule has 2 rings (SSSR count). The van der Waals surface area contributed by atoms with Crippen LogP contribution < -0.4 is 0 Å². The SMILES string of the molecule is CC(C)/C=C/[C@@H]1COC(=O)N1Cc1ccccc1. The summed E-state index contributed by atoms with van der Waals surface area (Å²) in [4.78, 5) is 13.5. The Hall–Kier alpha value is -1.77. The number of carbonyl (C=O) groups excluding carboxylic acids is 1. The van der Waals surface area contributed by atoms with Crippen LogP contribution in [-0.2, 0) is 11.3 Å². The quantitative estimate of drug-likeness (QED) is 0.762. The lowest BCUT2D eigenvalue weighted by Crippen LogP contribution is -2.31. The molecule has 0 bridgehead atoms. The van der Waals surface area contributed by atoms with Crippen molar-refractivity contribution in [3.63, 3.8) is 0 Å². The van der Waals surface area contributed by atoms with Gasteiger partial charge >= 0.3 is 6.09 Å². The predicted octanol–water partition coefficient (Wildman–Crippen LogP) is 3.22. The average Bonchev–Trinajstić information content (AvgIpc) is 2.70. The van der Waals surface area contributed by atoms with Crippen molar-refractivity contribution in [2.45, 2.75) is 26.4 Å². The first-order chi connectivity index (χ1) is 8.66. The third-order valence-corrected chi connectivity index (χ3v) is 2.93. The van der Waals surface area contributed by atoms with Crippen molar-refractivity contribution in [3.05, 3.63) is 48.0 Å². The molecular weight excluding hydrogens is 226 g/mol. The second-order valence-corrected chi connectivity index (χ2v) is 4.89. The lowest BCUT2D eigenvalue weighted by Gasteiger charge is -2.19. The van der Waals surface area contributed by atoms with Crippen LogP contribution in [0.25, 0.3) is 0 Å². The fourth-order valence-corrected chi connectivity index (χ4v) is 1.94. The third kappa shape index (κ3) is 3.13. The van der Waals surface area contributed by atoms with Crippen LogP contribution in [0.3, 0.4) is 0 Å². The Balaban J connectivity index is 2.06. The first-order valence-electron chi connectivity index (χ1n) is 6.32. The van der Waals surface area contributed by atoms with Gasteiger partial charge in [0.25, 0.3) is 0 Å². The van der Waals surface area contributed by atoms with Gasteiger partial charge in [0, 0.05) is 6.54 Å². The van der Waals surface area contributed by atoms with Crippen molar-refractivity contribution >= 4 is 6.09 Å². The molecule has 0 saturated carbocycles. The highest BCUT2D eigenvalue weighted by Gasteiger charge is 2.30. The first kappa shape index (κ1) is 12.7. The molecule has 0 radical (unpaired) electrons. The number of carbonyl (C=O) groups is 1. The molecule has 1 amide bonds. The van der Waals surface area contributed by atoms with E-state index in [0.29, 0.717) is 19.1 Å². The van der Waals surface area contributed by atoms with Crippen LogP contribution in [0.15, 0.2) is 42.5 Å². The monoisotopic (exact) mass is 245 g/mol. The van der Waals surface area contributed by atoms with Crippen LogP contribution in [0, 0.1) is 5.92 Å². The zero-order valence-electron chi connectivity index (χ0n) is 10.9. The van der Waals surface area contributed by atoms with E-state index < -0.39 is 0 Å². The molecule has 0 spiro atoms. The fourth-order valence-electron chi connectivity index (χ4n) is 1.94. The molecule has 3 heteroatoms. The highest BCUT2D eigenvalue weighted by Crippen LogP contribution is 2.18. The van der Waals surface area contributed by atoms with Gasteiger partial charge in [-0.1, -0.05) is 56.3 Å². The molecule has 1 atom stereocenters. The maximum atomic E-state index is 11.7. The molecule has 1 aromatic rings. The van der Waals surface area contributed by atoms with Crippen molar-refractivity contribution in [1.82, 2.24) is 4.90 Å². The Bertz CT molecular complexity index is 425. The summed E-state index contributed by atoms with van der Waals surface area (Å²) in [6.45, 7) is 5.30. The molecule has 96 valence electrons. The van der Waals surface area contributed by atoms with E-state index in [1.165, 1.54) is 0 Å². The van der Waals surface area contributed by atoms with Gasteiger partial charge in [0.15, 0.2) is 0 Å². The van der Waals surface area contributed by atoms with E-state index >= 15 is 0 Å². The van der Waals surface area contributed by atoms with Crippen LogP contribution in [0.5, 0.6) is 0 Å². The first-order valence-corrected chi connectivity index (χ1v) is 6.32. The minimum atomic E-state index is -0.225. The summed E-state index contributed by atoms with van der Waals surface area (Å²) in [7, 11) is 0. The van der Waals surface area contributed by atoms with E-state index in [4.69, 9.17) is 4.74 Å². The van der Waals surface area contributed by atoms with Gasteiger partial charge in [0.1, 0.15) is 6.61 Å². The number of benzene rings is 1. The molecule has 1 saturated heterocycles. The minimum Gasteiger partial charge on any atom is -0.447 e. The number of ether oxygens (including phenoxy) is 1. The van der Waals surface area contributed by atoms with Gasteiger partial charge in [0.2, 0.25) is 0 Å². The van der Waals surface area contributed by atoms with Crippen LogP contribution in [0.4, 0.5) is 4.79 Å². The maximum Gasteiger partial charge on any atom is 0.410 e. The number of cyclic esters (lactones) is 1. The molecule has 18 heavy (non-hydrogen) atoms. The molecule has 0 N–H and O–H groups in total. The van der Waals surface area contributed by atoms with Crippen molar-refractivity contribution in [2.24, 2.45) is 5.92 Å². The van der Waals surface area contributed by atoms with E-state index in [-0.39, 0.29) is 12.1 Å². The van der Waals surface area contributed by atoms with Crippen LogP contribution >= 0.6 is 0 Å². The smallest absolute Gasteiger partial charge is 0.410 e. The lowest BCUT2D eigenvalue weighted by atomic mass is 10.1. The Morgan fingerprint density at radius 3 is 2.78 bits per heavy atom. The molecule has 1 aromatic carbocycles. The summed E-state index contributed by atoms with van der Waals surface area (Å²) in [5.74, 6) is 0.485. The molecule has 1 aliphatic rings. The Morgan fingerprint density at radius 1 is 1.39 bits per heavy atom. The summed E-state index contributed by atoms with van der Waals surface area (Å²) >= 11 is 0. The van der Waals surface area contributed by atoms with Gasteiger partial charge in [-0.3, -0.25) is 4.90 Å². The number of rotatable bonds is 4. The number of nitrogens with zero attached hydrogens (tertiary/aromatic N) is 1. The summed E-state index contributed by atoms with van der Waals surface area (Å²) in [6, 6.07) is 10.0. The van der Waals surface area contributed by atoms with Crippen molar-refractivity contribution < 1.29 is 9.53 Å². The molecule has 3 nitrogen and oxygen atoms in total. The van der Waals surface area contributed by atoms with E-state index in [1.54, 1.807) is 4.90 Å². The third-order valence-electron chi connectivity index (χ3n) is 2.93. The Morgan fingerprint density at radius 2 is 2.11 bits per heavy atom. The largest absolute Gasteiger partial charge is 0.447 e. The highest BCUT2D eigenvalue weighted by molar-refractivity contribution is 5.70. The average molecular weight is 245 g/mol. The molecule has 0 aromatic heterocycles. The molecular formula is C15H19NO2. The van der Waals surface area contributed by atoms with Crippen molar-refractivity contribution in [1.29, 1.82) is 0 Å². The summed E-state index contributed by atoms with van der Waals surface area (Å²) in [5.41, 5.74) is 1.12. The van der Waals surface area contributed by atoms with Crippen molar-refractivity contribution in [3.8, 4) is 0 Å². The van der Waals surface area contributed by atoms with Crippen LogP contribution in [0.1, 0.15) is 19.4 Å². The summed E-state index contributed by atoms with van der Waals surface area (Å²) in [6.07, 6.45) is 3.96. The van der Waals surface area contributed by atoms with Gasteiger partial charge in [-0.2, -0.15) is 0 Å². The van der Waals surface area contributed by atoms with E-state index in [2.05, 4.69) is 26.0 Å². The second-order valence-electron chi connectivity index (χ2n) is 4.89. The topological polar surface area (TPSA) is 29.5 Å². The van der Waals surface area contributed by atoms with Gasteiger partial charge < -0.3 is 4.74 Å². The van der Waals surface area contributed by atoms with Gasteiger partial charge in [0.05, 0.1) is 6.04 Å². The summed E-state index contributed by atoms with van der Waals surface area (Å²) < 4.78 is 5.12. The van der Waals surface area contributed by atoms with Crippen LogP contribution in [0.2, 0.25) is 0 Å². The maximum absolute atomic E-state index is 11.7. The molecule has 1 heterocycles. The summed E-state index contributed by atoms with van der Waals surface area (Å²) in [5, 5.41) is 0. The van der Waals surface area contributed by atoms with Gasteiger partial charge in [-0.15, -0.1) is 0 Å². The number of amides is 1. The predicted molar refractivity (Wildman–Crippen MR) is 71.1 cm³/mol. The van der Waals surface area contributed by atoms with Gasteiger partial charge in [-0.05, 0) is 11.5 Å². The minimum absolute atomic E-state index is 0.0557. The lowest BCUT2D eigenvalue weighted by molar-refractivity contribution is 0.156. The zero-order chi connectivity index (χ0) is 13.0. The van der Waals surface area contributed by atoms with Crippen molar-refractivity contribution in [2.75, 3.05) is 6.61 Å². The Labute approximate surface area is 108 Å². The standard InChI is InChI=1S/C15H19NO2/c1-12(2)8-9-14-11-18-15(17)16(14)10-13-6-4-3-5-7-13/h3-9,12,14H,10-11H2,1-2H3/b9-8+/t14-/m1/s1. The van der Waals surface area contributed by atoms with E-state index in [9.17, 15) is 4.79 Å². The van der Waals surface area contributed by atoms with E-state index in [0.717, 1.165) is 5.56 Å². The molecule has 1 aliphatic heterocycles. The van der Waals surface area contributed by atoms with E-state index in [1.807, 2.05) is 30.3 Å². The highest BCUT2D eigenvalue weighted by atomic mass is 16.6. The fraction of sp³-hybridized carbons (Fsp3) is 0.400. The van der Waals surface area contributed by atoms with Gasteiger partial charge in [-0.25, -0.2) is 4.79 Å². The Kier molecular flexibility index (Phi) is 4.03. The van der Waals surface area contributed by atoms with Crippen LogP contribution in [-0.4, -0.2) is 23.6 Å². The molecule has 1 fully saturated rings. The number of hydrogen-bond acceptors (Lipinski definition) is 2. The number of hydrogen-bond donors (Lipinski definition) is 0. The normalized spacial score (nSPS) is 19.8.